The third-order valence-electron chi connectivity index (χ3n) is 6.43. The number of amides is 1. The van der Waals surface area contributed by atoms with Crippen LogP contribution in [0.3, 0.4) is 0 Å². The topological polar surface area (TPSA) is 73.2 Å². The molecule has 1 N–H and O–H groups in total. The van der Waals surface area contributed by atoms with Gasteiger partial charge in [-0.3, -0.25) is 14.2 Å². The Morgan fingerprint density at radius 2 is 2.00 bits per heavy atom. The molecule has 0 spiro atoms. The van der Waals surface area contributed by atoms with E-state index in [0.717, 1.165) is 46.9 Å². The second kappa shape index (κ2) is 10.5. The molecule has 0 unspecified atom stereocenters. The Bertz CT molecular complexity index is 1290. The first kappa shape index (κ1) is 24.0. The van der Waals surface area contributed by atoms with Gasteiger partial charge in [0, 0.05) is 16.9 Å². The average molecular weight is 508 g/mol. The van der Waals surface area contributed by atoms with Crippen molar-refractivity contribution < 1.29 is 9.53 Å². The molecular formula is C27H29N3O3S2. The highest BCUT2D eigenvalue weighted by Gasteiger charge is 2.39. The van der Waals surface area contributed by atoms with E-state index in [1.54, 1.807) is 16.3 Å². The first-order valence-corrected chi connectivity index (χ1v) is 14.0. The van der Waals surface area contributed by atoms with Crippen molar-refractivity contribution in [3.63, 3.8) is 0 Å². The van der Waals surface area contributed by atoms with Gasteiger partial charge >= 0.3 is 0 Å². The van der Waals surface area contributed by atoms with Gasteiger partial charge in [-0.2, -0.15) is 0 Å². The van der Waals surface area contributed by atoms with Crippen LogP contribution in [0.2, 0.25) is 0 Å². The van der Waals surface area contributed by atoms with Gasteiger partial charge in [0.2, 0.25) is 5.91 Å². The summed E-state index contributed by atoms with van der Waals surface area (Å²) >= 11 is 3.05. The number of ether oxygens (including phenoxy) is 1. The summed E-state index contributed by atoms with van der Waals surface area (Å²) in [6, 6.07) is 15.2. The minimum atomic E-state index is -0.147. The molecule has 5 rings (SSSR count). The molecule has 0 radical (unpaired) electrons. The monoisotopic (exact) mass is 507 g/mol. The number of fused-ring (bicyclic) bond motifs is 3. The van der Waals surface area contributed by atoms with Gasteiger partial charge in [-0.25, -0.2) is 4.98 Å². The van der Waals surface area contributed by atoms with Gasteiger partial charge < -0.3 is 10.1 Å². The normalized spacial score (nSPS) is 18.6. The lowest BCUT2D eigenvalue weighted by molar-refractivity contribution is -0.113. The van der Waals surface area contributed by atoms with Crippen molar-refractivity contribution in [2.24, 2.45) is 0 Å². The van der Waals surface area contributed by atoms with E-state index >= 15 is 0 Å². The fraction of sp³-hybridized carbons (Fsp3) is 0.370. The van der Waals surface area contributed by atoms with Crippen molar-refractivity contribution in [2.75, 3.05) is 17.7 Å². The molecule has 2 heterocycles. The molecule has 2 aromatic carbocycles. The lowest BCUT2D eigenvalue weighted by Gasteiger charge is -2.24. The number of carbonyl (C=O) groups excluding carboxylic acids is 1. The summed E-state index contributed by atoms with van der Waals surface area (Å²) in [7, 11) is 0. The van der Waals surface area contributed by atoms with Crippen LogP contribution in [-0.2, 0) is 4.79 Å². The Labute approximate surface area is 213 Å². The van der Waals surface area contributed by atoms with Gasteiger partial charge in [0.05, 0.1) is 23.6 Å². The number of rotatable bonds is 7. The molecule has 6 nitrogen and oxygen atoms in total. The van der Waals surface area contributed by atoms with E-state index in [2.05, 4.69) is 5.32 Å². The molecule has 35 heavy (non-hydrogen) atoms. The molecule has 1 aliphatic carbocycles. The van der Waals surface area contributed by atoms with E-state index in [4.69, 9.17) is 9.72 Å². The van der Waals surface area contributed by atoms with Crippen LogP contribution in [0, 0.1) is 6.92 Å². The lowest BCUT2D eigenvalue weighted by atomic mass is 9.85. The van der Waals surface area contributed by atoms with Crippen LogP contribution in [0.15, 0.2) is 63.5 Å². The van der Waals surface area contributed by atoms with E-state index in [1.165, 1.54) is 18.2 Å². The van der Waals surface area contributed by atoms with E-state index in [0.29, 0.717) is 22.7 Å². The van der Waals surface area contributed by atoms with Crippen LogP contribution in [0.25, 0.3) is 5.69 Å². The molecule has 182 valence electrons. The number of benzene rings is 2. The van der Waals surface area contributed by atoms with Gasteiger partial charge in [0.1, 0.15) is 10.8 Å². The fourth-order valence-electron chi connectivity index (χ4n) is 4.83. The molecular weight excluding hydrogens is 478 g/mol. The second-order valence-electron chi connectivity index (χ2n) is 8.93. The van der Waals surface area contributed by atoms with Crippen LogP contribution in [0.5, 0.6) is 5.75 Å². The van der Waals surface area contributed by atoms with Crippen LogP contribution in [0.4, 0.5) is 5.69 Å². The standard InChI is InChI=1S/C27H29N3O3S2/c1-3-33-20-13-11-18(12-14-20)28-23(31)16-34-27-29-25-24(21-9-4-5-10-22(21)35-25)26(32)30(27)19-8-6-7-17(2)15-19/h6-8,11-15,21-22H,3-5,9-10,16H2,1-2H3,(H,28,31)/t21-,22+/m1/s1. The SMILES string of the molecule is CCOc1ccc(NC(=O)CSc2nc3c(c(=O)n2-c2cccc(C)c2)[C@@H]2CCCC[C@@H]2S3)cc1. The van der Waals surface area contributed by atoms with Gasteiger partial charge in [0.15, 0.2) is 5.16 Å². The largest absolute Gasteiger partial charge is 0.494 e. The summed E-state index contributed by atoms with van der Waals surface area (Å²) in [6.45, 7) is 4.54. The van der Waals surface area contributed by atoms with Crippen molar-refractivity contribution in [3.8, 4) is 11.4 Å². The summed E-state index contributed by atoms with van der Waals surface area (Å²) < 4.78 is 7.16. The van der Waals surface area contributed by atoms with Crippen molar-refractivity contribution in [1.82, 2.24) is 9.55 Å². The number of anilines is 1. The smallest absolute Gasteiger partial charge is 0.263 e. The Kier molecular flexibility index (Phi) is 7.20. The van der Waals surface area contributed by atoms with Crippen LogP contribution in [0.1, 0.15) is 49.7 Å². The average Bonchev–Trinajstić information content (AvgIpc) is 3.23. The highest BCUT2D eigenvalue weighted by Crippen LogP contribution is 2.50. The third-order valence-corrected chi connectivity index (χ3v) is 8.77. The Morgan fingerprint density at radius 3 is 2.77 bits per heavy atom. The van der Waals surface area contributed by atoms with Crippen molar-refractivity contribution >= 4 is 35.1 Å². The number of hydrogen-bond acceptors (Lipinski definition) is 6. The highest BCUT2D eigenvalue weighted by molar-refractivity contribution is 8.00. The number of hydrogen-bond donors (Lipinski definition) is 1. The summed E-state index contributed by atoms with van der Waals surface area (Å²) in [5.41, 5.74) is 3.45. The Hall–Kier alpha value is -2.71. The van der Waals surface area contributed by atoms with Crippen LogP contribution >= 0.6 is 23.5 Å². The van der Waals surface area contributed by atoms with E-state index in [1.807, 2.05) is 62.4 Å². The predicted octanol–water partition coefficient (Wildman–Crippen LogP) is 5.80. The number of nitrogens with one attached hydrogen (secondary N) is 1. The maximum absolute atomic E-state index is 13.9. The minimum Gasteiger partial charge on any atom is -0.494 e. The van der Waals surface area contributed by atoms with Crippen molar-refractivity contribution in [3.05, 3.63) is 70.0 Å². The number of carbonyl (C=O) groups is 1. The summed E-state index contributed by atoms with van der Waals surface area (Å²) in [4.78, 5) is 31.5. The van der Waals surface area contributed by atoms with E-state index in [-0.39, 0.29) is 23.1 Å². The highest BCUT2D eigenvalue weighted by atomic mass is 32.2. The quantitative estimate of drug-likeness (QED) is 0.247. The molecule has 1 aliphatic heterocycles. The van der Waals surface area contributed by atoms with Gasteiger partial charge in [-0.05, 0) is 68.7 Å². The summed E-state index contributed by atoms with van der Waals surface area (Å²) in [5, 5.41) is 4.77. The van der Waals surface area contributed by atoms with E-state index < -0.39 is 0 Å². The van der Waals surface area contributed by atoms with Gasteiger partial charge in [0.25, 0.3) is 5.56 Å². The van der Waals surface area contributed by atoms with E-state index in [9.17, 15) is 9.59 Å². The Morgan fingerprint density at radius 1 is 1.20 bits per heavy atom. The molecule has 1 amide bonds. The molecule has 1 aromatic heterocycles. The lowest BCUT2D eigenvalue weighted by Crippen LogP contribution is -2.29. The number of aromatic nitrogens is 2. The molecule has 0 saturated heterocycles. The molecule has 1 fully saturated rings. The van der Waals surface area contributed by atoms with Crippen molar-refractivity contribution in [2.45, 2.75) is 60.9 Å². The first-order valence-electron chi connectivity index (χ1n) is 12.1. The minimum absolute atomic E-state index is 0.0110. The fourth-order valence-corrected chi connectivity index (χ4v) is 7.21. The second-order valence-corrected chi connectivity index (χ2v) is 11.1. The zero-order valence-electron chi connectivity index (χ0n) is 20.0. The zero-order chi connectivity index (χ0) is 24.4. The maximum Gasteiger partial charge on any atom is 0.263 e. The maximum atomic E-state index is 13.9. The third kappa shape index (κ3) is 5.14. The molecule has 8 heteroatoms. The zero-order valence-corrected chi connectivity index (χ0v) is 21.6. The molecule has 3 aromatic rings. The van der Waals surface area contributed by atoms with Crippen molar-refractivity contribution in [1.29, 1.82) is 0 Å². The Balaban J connectivity index is 1.41. The van der Waals surface area contributed by atoms with Gasteiger partial charge in [-0.1, -0.05) is 36.7 Å². The number of aryl methyl sites for hydroxylation is 1. The summed E-state index contributed by atoms with van der Waals surface area (Å²) in [6.07, 6.45) is 4.55. The molecule has 0 bridgehead atoms. The van der Waals surface area contributed by atoms with Gasteiger partial charge in [-0.15, -0.1) is 11.8 Å². The molecule has 2 atom stereocenters. The number of nitrogens with zero attached hydrogens (tertiary/aromatic N) is 2. The molecule has 2 aliphatic rings. The predicted molar refractivity (Wildman–Crippen MR) is 142 cm³/mol. The number of thioether (sulfide) groups is 2. The van der Waals surface area contributed by atoms with Crippen LogP contribution in [-0.4, -0.2) is 33.1 Å². The van der Waals surface area contributed by atoms with Crippen LogP contribution < -0.4 is 15.6 Å². The summed E-state index contributed by atoms with van der Waals surface area (Å²) in [5.74, 6) is 1.05. The first-order chi connectivity index (χ1) is 17.0. The molecule has 1 saturated carbocycles.